The number of amides is 4. The molecule has 4 amide bonds. The van der Waals surface area contributed by atoms with Gasteiger partial charge in [-0.1, -0.05) is 18.2 Å². The van der Waals surface area contributed by atoms with E-state index in [1.165, 1.54) is 11.0 Å². The van der Waals surface area contributed by atoms with E-state index in [0.717, 1.165) is 0 Å². The van der Waals surface area contributed by atoms with Crippen molar-refractivity contribution in [3.05, 3.63) is 35.6 Å². The van der Waals surface area contributed by atoms with Crippen LogP contribution in [0.5, 0.6) is 0 Å². The quantitative estimate of drug-likeness (QED) is 0.822. The van der Waals surface area contributed by atoms with Gasteiger partial charge in [-0.2, -0.15) is 0 Å². The Morgan fingerprint density at radius 1 is 1.16 bits per heavy atom. The highest BCUT2D eigenvalue weighted by atomic mass is 19.1. The average molecular weight is 349 g/mol. The first-order chi connectivity index (χ1) is 12.1. The van der Waals surface area contributed by atoms with E-state index in [-0.39, 0.29) is 49.5 Å². The van der Waals surface area contributed by atoms with E-state index in [1.807, 2.05) is 0 Å². The molecule has 1 aromatic carbocycles. The van der Waals surface area contributed by atoms with Gasteiger partial charge in [-0.25, -0.2) is 9.18 Å². The molecule has 0 saturated carbocycles. The fourth-order valence-corrected chi connectivity index (χ4v) is 3.16. The zero-order valence-corrected chi connectivity index (χ0v) is 13.7. The molecular weight excluding hydrogens is 329 g/mol. The molecule has 2 fully saturated rings. The Morgan fingerprint density at radius 3 is 2.44 bits per heavy atom. The number of halogens is 1. The monoisotopic (exact) mass is 349 g/mol. The second-order valence-corrected chi connectivity index (χ2v) is 6.12. The van der Waals surface area contributed by atoms with Crippen LogP contribution in [0.15, 0.2) is 24.3 Å². The molecule has 8 heteroatoms. The summed E-state index contributed by atoms with van der Waals surface area (Å²) in [5.74, 6) is -0.997. The van der Waals surface area contributed by atoms with Crippen LogP contribution in [0.4, 0.5) is 9.18 Å². The predicted octanol–water partition coefficient (Wildman–Crippen LogP) is 0.885. The lowest BCUT2D eigenvalue weighted by atomic mass is 10.0. The van der Waals surface area contributed by atoms with E-state index in [2.05, 4.69) is 5.32 Å². The van der Waals surface area contributed by atoms with Crippen LogP contribution >= 0.6 is 0 Å². The zero-order chi connectivity index (χ0) is 17.8. The number of rotatable bonds is 3. The number of carbonyl (C=O) groups is 3. The molecule has 134 valence electrons. The Morgan fingerprint density at radius 2 is 1.80 bits per heavy atom. The van der Waals surface area contributed by atoms with E-state index in [1.54, 1.807) is 23.1 Å². The van der Waals surface area contributed by atoms with Gasteiger partial charge in [0.25, 0.3) is 11.8 Å². The lowest BCUT2D eigenvalue weighted by Crippen LogP contribution is -2.56. The molecule has 0 spiro atoms. The van der Waals surface area contributed by atoms with E-state index in [0.29, 0.717) is 31.5 Å². The largest absolute Gasteiger partial charge is 0.362 e. The maximum absolute atomic E-state index is 13.6. The molecule has 0 atom stereocenters. The molecule has 2 aliphatic rings. The Hall–Kier alpha value is -2.48. The number of hydrogen-bond acceptors (Lipinski definition) is 4. The zero-order valence-electron chi connectivity index (χ0n) is 13.7. The molecular formula is C17H20FN3O4. The van der Waals surface area contributed by atoms with Crippen molar-refractivity contribution in [1.82, 2.24) is 15.1 Å². The highest BCUT2D eigenvalue weighted by Gasteiger charge is 2.35. The van der Waals surface area contributed by atoms with E-state index in [9.17, 15) is 18.8 Å². The number of urea groups is 1. The molecule has 2 heterocycles. The van der Waals surface area contributed by atoms with Crippen LogP contribution in [0.2, 0.25) is 0 Å². The second kappa shape index (κ2) is 7.60. The third kappa shape index (κ3) is 3.96. The topological polar surface area (TPSA) is 79.0 Å². The van der Waals surface area contributed by atoms with Crippen molar-refractivity contribution in [3.63, 3.8) is 0 Å². The van der Waals surface area contributed by atoms with Crippen molar-refractivity contribution < 1.29 is 23.5 Å². The summed E-state index contributed by atoms with van der Waals surface area (Å²) in [5, 5.41) is 2.70. The summed E-state index contributed by atoms with van der Waals surface area (Å²) in [6, 6.07) is 5.81. The molecule has 0 aromatic heterocycles. The van der Waals surface area contributed by atoms with Gasteiger partial charge in [0.05, 0.1) is 0 Å². The molecule has 1 N–H and O–H groups in total. The first kappa shape index (κ1) is 17.3. The first-order valence-corrected chi connectivity index (χ1v) is 8.25. The summed E-state index contributed by atoms with van der Waals surface area (Å²) in [4.78, 5) is 38.8. The Labute approximate surface area is 144 Å². The van der Waals surface area contributed by atoms with Crippen LogP contribution in [-0.2, 0) is 20.9 Å². The summed E-state index contributed by atoms with van der Waals surface area (Å²) >= 11 is 0. The highest BCUT2D eigenvalue weighted by Crippen LogP contribution is 2.19. The molecule has 2 saturated heterocycles. The Kier molecular flexibility index (Phi) is 5.28. The van der Waals surface area contributed by atoms with Crippen LogP contribution in [0.1, 0.15) is 18.4 Å². The summed E-state index contributed by atoms with van der Waals surface area (Å²) < 4.78 is 18.5. The summed E-state index contributed by atoms with van der Waals surface area (Å²) in [7, 11) is 0. The number of piperidine rings is 1. The molecule has 0 radical (unpaired) electrons. The van der Waals surface area contributed by atoms with Crippen LogP contribution < -0.4 is 5.32 Å². The van der Waals surface area contributed by atoms with E-state index >= 15 is 0 Å². The number of ether oxygens (including phenoxy) is 1. The smallest absolute Gasteiger partial charge is 0.317 e. The number of nitrogens with one attached hydrogen (secondary N) is 1. The van der Waals surface area contributed by atoms with Crippen molar-refractivity contribution in [2.75, 3.05) is 26.3 Å². The molecule has 0 aliphatic carbocycles. The number of morpholine rings is 1. The number of imide groups is 1. The number of hydrogen-bond donors (Lipinski definition) is 1. The van der Waals surface area contributed by atoms with Gasteiger partial charge >= 0.3 is 6.03 Å². The third-order valence-electron chi connectivity index (χ3n) is 4.49. The van der Waals surface area contributed by atoms with Crippen molar-refractivity contribution in [2.45, 2.75) is 25.4 Å². The summed E-state index contributed by atoms with van der Waals surface area (Å²) in [6.45, 7) is 0.841. The van der Waals surface area contributed by atoms with Crippen LogP contribution in [0, 0.1) is 5.82 Å². The second-order valence-electron chi connectivity index (χ2n) is 6.12. The van der Waals surface area contributed by atoms with Gasteiger partial charge in [-0.05, 0) is 18.9 Å². The molecule has 0 bridgehead atoms. The lowest BCUT2D eigenvalue weighted by molar-refractivity contribution is -0.162. The van der Waals surface area contributed by atoms with Crippen LogP contribution in [0.3, 0.4) is 0 Å². The predicted molar refractivity (Wildman–Crippen MR) is 85.9 cm³/mol. The van der Waals surface area contributed by atoms with Gasteiger partial charge < -0.3 is 15.0 Å². The van der Waals surface area contributed by atoms with Crippen molar-refractivity contribution in [2.24, 2.45) is 0 Å². The first-order valence-electron chi connectivity index (χ1n) is 8.25. The third-order valence-corrected chi connectivity index (χ3v) is 4.49. The van der Waals surface area contributed by atoms with Gasteiger partial charge in [0.15, 0.2) is 0 Å². The number of benzene rings is 1. The molecule has 0 unspecified atom stereocenters. The van der Waals surface area contributed by atoms with Gasteiger partial charge in [0.1, 0.15) is 19.0 Å². The minimum Gasteiger partial charge on any atom is -0.362 e. The van der Waals surface area contributed by atoms with Gasteiger partial charge in [0.2, 0.25) is 0 Å². The van der Waals surface area contributed by atoms with Crippen molar-refractivity contribution in [3.8, 4) is 0 Å². The molecule has 7 nitrogen and oxygen atoms in total. The Bertz CT molecular complexity index is 658. The van der Waals surface area contributed by atoms with Gasteiger partial charge in [-0.3, -0.25) is 14.5 Å². The molecule has 2 aliphatic heterocycles. The van der Waals surface area contributed by atoms with Gasteiger partial charge in [0, 0.05) is 31.2 Å². The lowest BCUT2D eigenvalue weighted by Gasteiger charge is -2.38. The molecule has 1 aromatic rings. The maximum Gasteiger partial charge on any atom is 0.317 e. The number of likely N-dealkylation sites (tertiary alicyclic amines) is 1. The molecule has 3 rings (SSSR count). The SMILES string of the molecule is O=C(NCc1ccccc1F)N1CCC(N2C(=O)COCC2=O)CC1. The summed E-state index contributed by atoms with van der Waals surface area (Å²) in [6.07, 6.45) is 1.06. The Balaban J connectivity index is 1.50. The fourth-order valence-electron chi connectivity index (χ4n) is 3.16. The minimum absolute atomic E-state index is 0.0743. The fraction of sp³-hybridized carbons (Fsp3) is 0.471. The van der Waals surface area contributed by atoms with E-state index in [4.69, 9.17) is 4.74 Å². The van der Waals surface area contributed by atoms with Crippen molar-refractivity contribution >= 4 is 17.8 Å². The van der Waals surface area contributed by atoms with Gasteiger partial charge in [-0.15, -0.1) is 0 Å². The van der Waals surface area contributed by atoms with Crippen molar-refractivity contribution in [1.29, 1.82) is 0 Å². The maximum atomic E-state index is 13.6. The average Bonchev–Trinajstić information content (AvgIpc) is 2.61. The summed E-state index contributed by atoms with van der Waals surface area (Å²) in [5.41, 5.74) is 0.426. The normalized spacial score (nSPS) is 19.2. The van der Waals surface area contributed by atoms with E-state index < -0.39 is 0 Å². The van der Waals surface area contributed by atoms with Crippen LogP contribution in [-0.4, -0.2) is 60.0 Å². The standard InChI is InChI=1S/C17H20FN3O4/c18-14-4-2-1-3-12(14)9-19-17(24)20-7-5-13(6-8-20)21-15(22)10-25-11-16(21)23/h1-4,13H,5-11H2,(H,19,24). The highest BCUT2D eigenvalue weighted by molar-refractivity contribution is 5.98. The minimum atomic E-state index is -0.356. The van der Waals surface area contributed by atoms with Crippen LogP contribution in [0.25, 0.3) is 0 Å². The number of nitrogens with zero attached hydrogens (tertiary/aromatic N) is 2. The molecule has 25 heavy (non-hydrogen) atoms. The number of carbonyl (C=O) groups excluding carboxylic acids is 3.